The lowest BCUT2D eigenvalue weighted by Crippen LogP contribution is -2.31. The highest BCUT2D eigenvalue weighted by atomic mass is 32.2. The van der Waals surface area contributed by atoms with E-state index >= 15 is 0 Å². The van der Waals surface area contributed by atoms with Gasteiger partial charge in [0.15, 0.2) is 0 Å². The van der Waals surface area contributed by atoms with Gasteiger partial charge in [0.05, 0.1) is 6.26 Å². The fourth-order valence-corrected chi connectivity index (χ4v) is 3.19. The Kier molecular flexibility index (Phi) is 2.89. The summed E-state index contributed by atoms with van der Waals surface area (Å²) >= 11 is 0. The maximum Gasteiger partial charge on any atom is 0.297 e. The van der Waals surface area contributed by atoms with Gasteiger partial charge in [-0.25, -0.2) is 4.72 Å². The number of hydrogen-bond acceptors (Lipinski definition) is 5. The molecule has 1 aliphatic rings. The van der Waals surface area contributed by atoms with Crippen molar-refractivity contribution in [2.75, 3.05) is 0 Å². The Hall–Kier alpha value is -2.09. The number of aryl methyl sites for hydroxylation is 1. The first kappa shape index (κ1) is 12.9. The number of aromatic nitrogens is 2. The summed E-state index contributed by atoms with van der Waals surface area (Å²) in [7, 11) is -2.12. The second-order valence-electron chi connectivity index (χ2n) is 4.73. The Labute approximate surface area is 115 Å². The number of furan rings is 1. The molecule has 1 amide bonds. The lowest BCUT2D eigenvalue weighted by Gasteiger charge is -2.04. The second kappa shape index (κ2) is 4.48. The van der Waals surface area contributed by atoms with Crippen molar-refractivity contribution in [2.24, 2.45) is 13.0 Å². The van der Waals surface area contributed by atoms with Crippen molar-refractivity contribution in [3.8, 4) is 0 Å². The van der Waals surface area contributed by atoms with Gasteiger partial charge in [-0.2, -0.15) is 13.5 Å². The van der Waals surface area contributed by atoms with Crippen molar-refractivity contribution >= 4 is 15.9 Å². The molecule has 2 heterocycles. The first-order valence-electron chi connectivity index (χ1n) is 6.07. The Bertz CT molecular complexity index is 733. The Morgan fingerprint density at radius 3 is 2.90 bits per heavy atom. The molecule has 1 fully saturated rings. The van der Waals surface area contributed by atoms with Crippen LogP contribution in [0, 0.1) is 5.92 Å². The van der Waals surface area contributed by atoms with Gasteiger partial charge in [0.2, 0.25) is 11.0 Å². The highest BCUT2D eigenvalue weighted by molar-refractivity contribution is 7.89. The SMILES string of the molecule is Cn1nccc1[C@@H]1C[C@H]1C(=O)NS(=O)(=O)c1ccco1. The first-order chi connectivity index (χ1) is 9.49. The van der Waals surface area contributed by atoms with Gasteiger partial charge in [-0.05, 0) is 24.6 Å². The van der Waals surface area contributed by atoms with Gasteiger partial charge in [0.25, 0.3) is 10.0 Å². The van der Waals surface area contributed by atoms with Crippen LogP contribution in [0.4, 0.5) is 0 Å². The fourth-order valence-electron chi connectivity index (χ4n) is 2.23. The molecule has 1 saturated carbocycles. The molecule has 20 heavy (non-hydrogen) atoms. The normalized spacial score (nSPS) is 21.6. The predicted molar refractivity (Wildman–Crippen MR) is 68.1 cm³/mol. The number of rotatable bonds is 4. The molecule has 0 aromatic carbocycles. The standard InChI is InChI=1S/C12H13N3O4S/c1-15-10(4-5-13-15)8-7-9(8)12(16)14-20(17,18)11-3-2-6-19-11/h2-6,8-9H,7H2,1H3,(H,14,16)/t8-,9-/m1/s1. The van der Waals surface area contributed by atoms with Crippen LogP contribution >= 0.6 is 0 Å². The number of amides is 1. The number of carbonyl (C=O) groups excluding carboxylic acids is 1. The van der Waals surface area contributed by atoms with Crippen LogP contribution in [0.15, 0.2) is 40.2 Å². The molecule has 3 rings (SSSR count). The molecular formula is C12H13N3O4S. The first-order valence-corrected chi connectivity index (χ1v) is 7.55. The maximum absolute atomic E-state index is 12.0. The molecule has 8 heteroatoms. The molecule has 2 aromatic rings. The molecule has 0 radical (unpaired) electrons. The van der Waals surface area contributed by atoms with Crippen molar-refractivity contribution in [1.29, 1.82) is 0 Å². The van der Waals surface area contributed by atoms with Crippen molar-refractivity contribution in [3.05, 3.63) is 36.4 Å². The fraction of sp³-hybridized carbons (Fsp3) is 0.333. The molecular weight excluding hydrogens is 282 g/mol. The topological polar surface area (TPSA) is 94.2 Å². The van der Waals surface area contributed by atoms with E-state index in [2.05, 4.69) is 5.10 Å². The third-order valence-electron chi connectivity index (χ3n) is 3.36. The van der Waals surface area contributed by atoms with Crippen LogP contribution in [0.1, 0.15) is 18.0 Å². The summed E-state index contributed by atoms with van der Waals surface area (Å²) in [5, 5.41) is 3.78. The molecule has 0 unspecified atom stereocenters. The van der Waals surface area contributed by atoms with Crippen molar-refractivity contribution < 1.29 is 17.6 Å². The Morgan fingerprint density at radius 2 is 2.30 bits per heavy atom. The molecule has 1 aliphatic carbocycles. The van der Waals surface area contributed by atoms with Crippen LogP contribution in [-0.2, 0) is 21.9 Å². The molecule has 106 valence electrons. The number of nitrogens with zero attached hydrogens (tertiary/aromatic N) is 2. The average Bonchev–Trinajstić information content (AvgIpc) is 2.81. The minimum absolute atomic E-state index is 0.0225. The zero-order valence-corrected chi connectivity index (χ0v) is 11.5. The van der Waals surface area contributed by atoms with E-state index in [9.17, 15) is 13.2 Å². The molecule has 2 atom stereocenters. The van der Waals surface area contributed by atoms with Gasteiger partial charge >= 0.3 is 0 Å². The lowest BCUT2D eigenvalue weighted by atomic mass is 10.2. The zero-order chi connectivity index (χ0) is 14.3. The Morgan fingerprint density at radius 1 is 1.50 bits per heavy atom. The monoisotopic (exact) mass is 295 g/mol. The minimum Gasteiger partial charge on any atom is -0.451 e. The summed E-state index contributed by atoms with van der Waals surface area (Å²) in [4.78, 5) is 12.0. The maximum atomic E-state index is 12.0. The lowest BCUT2D eigenvalue weighted by molar-refractivity contribution is -0.120. The van der Waals surface area contributed by atoms with E-state index in [0.717, 1.165) is 5.69 Å². The second-order valence-corrected chi connectivity index (χ2v) is 6.34. The van der Waals surface area contributed by atoms with Crippen molar-refractivity contribution in [2.45, 2.75) is 17.4 Å². The highest BCUT2D eigenvalue weighted by Gasteiger charge is 2.46. The van der Waals surface area contributed by atoms with E-state index in [-0.39, 0.29) is 16.9 Å². The van der Waals surface area contributed by atoms with Crippen LogP contribution in [0.25, 0.3) is 0 Å². The molecule has 0 spiro atoms. The van der Waals surface area contributed by atoms with Crippen LogP contribution < -0.4 is 4.72 Å². The number of nitrogens with one attached hydrogen (secondary N) is 1. The van der Waals surface area contributed by atoms with Gasteiger partial charge < -0.3 is 4.42 Å². The van der Waals surface area contributed by atoms with E-state index < -0.39 is 15.9 Å². The molecule has 7 nitrogen and oxygen atoms in total. The summed E-state index contributed by atoms with van der Waals surface area (Å²) in [6.45, 7) is 0. The van der Waals surface area contributed by atoms with E-state index in [1.807, 2.05) is 10.8 Å². The molecule has 0 aliphatic heterocycles. The summed E-state index contributed by atoms with van der Waals surface area (Å²) in [5.74, 6) is -0.822. The van der Waals surface area contributed by atoms with Crippen LogP contribution in [-0.4, -0.2) is 24.1 Å². The van der Waals surface area contributed by atoms with Crippen LogP contribution in [0.3, 0.4) is 0 Å². The van der Waals surface area contributed by atoms with E-state index in [4.69, 9.17) is 4.42 Å². The number of carbonyl (C=O) groups is 1. The van der Waals surface area contributed by atoms with Crippen molar-refractivity contribution in [3.63, 3.8) is 0 Å². The summed E-state index contributed by atoms with van der Waals surface area (Å²) in [6, 6.07) is 4.58. The van der Waals surface area contributed by atoms with Gasteiger partial charge in [0.1, 0.15) is 0 Å². The molecule has 0 bridgehead atoms. The number of hydrogen-bond donors (Lipinski definition) is 1. The summed E-state index contributed by atoms with van der Waals surface area (Å²) in [6.07, 6.45) is 3.52. The summed E-state index contributed by atoms with van der Waals surface area (Å²) in [5.41, 5.74) is 0.931. The molecule has 2 aromatic heterocycles. The predicted octanol–water partition coefficient (Wildman–Crippen LogP) is 0.622. The molecule has 1 N–H and O–H groups in total. The van der Waals surface area contributed by atoms with Crippen LogP contribution in [0.2, 0.25) is 0 Å². The third kappa shape index (κ3) is 2.22. The van der Waals surface area contributed by atoms with E-state index in [1.165, 1.54) is 18.4 Å². The average molecular weight is 295 g/mol. The molecule has 0 saturated heterocycles. The largest absolute Gasteiger partial charge is 0.451 e. The Balaban J connectivity index is 1.69. The van der Waals surface area contributed by atoms with Gasteiger partial charge in [0, 0.05) is 30.8 Å². The van der Waals surface area contributed by atoms with Crippen LogP contribution in [0.5, 0.6) is 0 Å². The van der Waals surface area contributed by atoms with Crippen molar-refractivity contribution in [1.82, 2.24) is 14.5 Å². The van der Waals surface area contributed by atoms with Gasteiger partial charge in [-0.1, -0.05) is 0 Å². The van der Waals surface area contributed by atoms with Gasteiger partial charge in [-0.3, -0.25) is 9.48 Å². The smallest absolute Gasteiger partial charge is 0.297 e. The highest BCUT2D eigenvalue weighted by Crippen LogP contribution is 2.47. The third-order valence-corrected chi connectivity index (χ3v) is 4.59. The minimum atomic E-state index is -3.91. The quantitative estimate of drug-likeness (QED) is 0.892. The zero-order valence-electron chi connectivity index (χ0n) is 10.7. The van der Waals surface area contributed by atoms with E-state index in [0.29, 0.717) is 6.42 Å². The van der Waals surface area contributed by atoms with Gasteiger partial charge in [-0.15, -0.1) is 0 Å². The van der Waals surface area contributed by atoms with E-state index in [1.54, 1.807) is 17.9 Å². The summed E-state index contributed by atoms with van der Waals surface area (Å²) < 4.78 is 32.2. The number of sulfonamides is 1.